The molecule has 0 bridgehead atoms. The van der Waals surface area contributed by atoms with Crippen molar-refractivity contribution in [3.05, 3.63) is 11.3 Å². The number of nitrogens with one attached hydrogen (secondary N) is 1. The highest BCUT2D eigenvalue weighted by Crippen LogP contribution is 2.32. The number of hydrogen-bond donors (Lipinski definition) is 1. The van der Waals surface area contributed by atoms with Crippen LogP contribution in [0.4, 0.5) is 5.82 Å². The molecule has 1 amide bonds. The third kappa shape index (κ3) is 2.64. The molecule has 0 atom stereocenters. The van der Waals surface area contributed by atoms with Gasteiger partial charge in [-0.2, -0.15) is 5.10 Å². The fourth-order valence-corrected chi connectivity index (χ4v) is 3.07. The molecular formula is C15H27N5O. The van der Waals surface area contributed by atoms with Gasteiger partial charge in [0.15, 0.2) is 0 Å². The Labute approximate surface area is 127 Å². The number of nitrogens with zero attached hydrogens (tertiary/aromatic N) is 4. The van der Waals surface area contributed by atoms with Gasteiger partial charge in [-0.15, -0.1) is 0 Å². The molecule has 1 aromatic rings. The normalized spacial score (nSPS) is 18.5. The van der Waals surface area contributed by atoms with Gasteiger partial charge in [-0.1, -0.05) is 6.92 Å². The number of aromatic nitrogens is 2. The van der Waals surface area contributed by atoms with Crippen LogP contribution in [0.2, 0.25) is 0 Å². The first-order valence-corrected chi connectivity index (χ1v) is 7.57. The molecule has 1 aliphatic heterocycles. The van der Waals surface area contributed by atoms with Gasteiger partial charge in [0, 0.05) is 39.3 Å². The van der Waals surface area contributed by atoms with Crippen LogP contribution in [-0.2, 0) is 18.4 Å². The van der Waals surface area contributed by atoms with E-state index >= 15 is 0 Å². The highest BCUT2D eigenvalue weighted by molar-refractivity contribution is 5.90. The van der Waals surface area contributed by atoms with E-state index in [2.05, 4.69) is 22.2 Å². The topological polar surface area (TPSA) is 53.4 Å². The number of rotatable bonds is 4. The number of aryl methyl sites for hydroxylation is 2. The third-order valence-corrected chi connectivity index (χ3v) is 4.32. The van der Waals surface area contributed by atoms with Crippen LogP contribution < -0.4 is 10.2 Å². The zero-order valence-electron chi connectivity index (χ0n) is 14.0. The lowest BCUT2D eigenvalue weighted by Crippen LogP contribution is -2.63. The molecule has 0 saturated carbocycles. The van der Waals surface area contributed by atoms with E-state index in [9.17, 15) is 4.79 Å². The van der Waals surface area contributed by atoms with Crippen LogP contribution in [0.3, 0.4) is 0 Å². The Hall–Kier alpha value is -1.56. The molecule has 6 nitrogen and oxygen atoms in total. The van der Waals surface area contributed by atoms with E-state index in [1.807, 2.05) is 44.4 Å². The lowest BCUT2D eigenvalue weighted by Gasteiger charge is -2.46. The number of hydrogen-bond acceptors (Lipinski definition) is 4. The molecule has 1 aromatic heterocycles. The molecule has 1 aliphatic rings. The lowest BCUT2D eigenvalue weighted by molar-refractivity contribution is -0.136. The standard InChI is InChI=1S/C15H27N5O/c1-7-16-10-12-11(2)17-19(6)13(12)20-9-8-18(5)14(21)15(20,3)4/h16H,7-10H2,1-6H3. The van der Waals surface area contributed by atoms with Gasteiger partial charge in [-0.05, 0) is 27.3 Å². The van der Waals surface area contributed by atoms with Gasteiger partial charge in [0.2, 0.25) is 5.91 Å². The van der Waals surface area contributed by atoms with Gasteiger partial charge in [0.25, 0.3) is 0 Å². The fourth-order valence-electron chi connectivity index (χ4n) is 3.07. The first-order chi connectivity index (χ1) is 9.80. The summed E-state index contributed by atoms with van der Waals surface area (Å²) in [7, 11) is 3.83. The van der Waals surface area contributed by atoms with Gasteiger partial charge in [0.05, 0.1) is 5.69 Å². The van der Waals surface area contributed by atoms with Crippen LogP contribution in [0.5, 0.6) is 0 Å². The summed E-state index contributed by atoms with van der Waals surface area (Å²) in [6, 6.07) is 0. The number of carbonyl (C=O) groups excluding carboxylic acids is 1. The van der Waals surface area contributed by atoms with Crippen molar-refractivity contribution in [3.8, 4) is 0 Å². The lowest BCUT2D eigenvalue weighted by atomic mass is 9.97. The second-order valence-corrected chi connectivity index (χ2v) is 6.23. The quantitative estimate of drug-likeness (QED) is 0.896. The highest BCUT2D eigenvalue weighted by atomic mass is 16.2. The smallest absolute Gasteiger partial charge is 0.247 e. The van der Waals surface area contributed by atoms with E-state index in [1.165, 1.54) is 5.56 Å². The molecule has 6 heteroatoms. The zero-order valence-corrected chi connectivity index (χ0v) is 14.0. The van der Waals surface area contributed by atoms with Crippen molar-refractivity contribution in [2.24, 2.45) is 7.05 Å². The second-order valence-electron chi connectivity index (χ2n) is 6.23. The number of carbonyl (C=O) groups is 1. The van der Waals surface area contributed by atoms with Crippen LogP contribution in [0.25, 0.3) is 0 Å². The van der Waals surface area contributed by atoms with Crippen molar-refractivity contribution in [2.75, 3.05) is 31.6 Å². The second kappa shape index (κ2) is 5.67. The summed E-state index contributed by atoms with van der Waals surface area (Å²) >= 11 is 0. The molecule has 0 radical (unpaired) electrons. The number of anilines is 1. The summed E-state index contributed by atoms with van der Waals surface area (Å²) in [5.41, 5.74) is 1.66. The van der Waals surface area contributed by atoms with Gasteiger partial charge in [0.1, 0.15) is 11.4 Å². The van der Waals surface area contributed by atoms with Gasteiger partial charge >= 0.3 is 0 Å². The van der Waals surface area contributed by atoms with E-state index in [0.717, 1.165) is 37.7 Å². The molecule has 0 aliphatic carbocycles. The van der Waals surface area contributed by atoms with E-state index in [-0.39, 0.29) is 5.91 Å². The van der Waals surface area contributed by atoms with Crippen molar-refractivity contribution in [1.29, 1.82) is 0 Å². The first-order valence-electron chi connectivity index (χ1n) is 7.57. The SMILES string of the molecule is CCNCc1c(C)nn(C)c1N1CCN(C)C(=O)C1(C)C. The molecule has 0 unspecified atom stereocenters. The molecular weight excluding hydrogens is 266 g/mol. The summed E-state index contributed by atoms with van der Waals surface area (Å²) in [4.78, 5) is 16.5. The Balaban J connectivity index is 2.43. The Morgan fingerprint density at radius 2 is 1.95 bits per heavy atom. The monoisotopic (exact) mass is 293 g/mol. The van der Waals surface area contributed by atoms with Crippen LogP contribution in [0, 0.1) is 6.92 Å². The minimum atomic E-state index is -0.547. The molecule has 1 saturated heterocycles. The summed E-state index contributed by atoms with van der Waals surface area (Å²) < 4.78 is 1.91. The Morgan fingerprint density at radius 1 is 1.29 bits per heavy atom. The van der Waals surface area contributed by atoms with Crippen molar-refractivity contribution < 1.29 is 4.79 Å². The van der Waals surface area contributed by atoms with E-state index in [4.69, 9.17) is 0 Å². The van der Waals surface area contributed by atoms with Crippen LogP contribution in [-0.4, -0.2) is 52.8 Å². The Morgan fingerprint density at radius 3 is 2.57 bits per heavy atom. The predicted molar refractivity (Wildman–Crippen MR) is 84.4 cm³/mol. The van der Waals surface area contributed by atoms with Gasteiger partial charge in [-0.3, -0.25) is 9.48 Å². The minimum Gasteiger partial charge on any atom is -0.342 e. The molecule has 21 heavy (non-hydrogen) atoms. The maximum Gasteiger partial charge on any atom is 0.247 e. The van der Waals surface area contributed by atoms with Crippen molar-refractivity contribution >= 4 is 11.7 Å². The predicted octanol–water partition coefficient (Wildman–Crippen LogP) is 0.895. The van der Waals surface area contributed by atoms with Crippen molar-refractivity contribution in [1.82, 2.24) is 20.0 Å². The summed E-state index contributed by atoms with van der Waals surface area (Å²) in [5.74, 6) is 1.21. The van der Waals surface area contributed by atoms with E-state index in [0.29, 0.717) is 0 Å². The number of likely N-dealkylation sites (N-methyl/N-ethyl adjacent to an activating group) is 1. The summed E-state index contributed by atoms with van der Waals surface area (Å²) in [6.45, 7) is 11.4. The zero-order chi connectivity index (χ0) is 15.8. The molecule has 0 aromatic carbocycles. The Bertz CT molecular complexity index is 534. The maximum absolute atomic E-state index is 12.5. The van der Waals surface area contributed by atoms with Gasteiger partial charge in [-0.25, -0.2) is 0 Å². The van der Waals surface area contributed by atoms with Crippen LogP contribution in [0.15, 0.2) is 0 Å². The Kier molecular flexibility index (Phi) is 4.27. The van der Waals surface area contributed by atoms with Crippen molar-refractivity contribution in [2.45, 2.75) is 39.8 Å². The fraction of sp³-hybridized carbons (Fsp3) is 0.733. The minimum absolute atomic E-state index is 0.155. The molecule has 118 valence electrons. The first kappa shape index (κ1) is 15.8. The maximum atomic E-state index is 12.5. The largest absolute Gasteiger partial charge is 0.342 e. The summed E-state index contributed by atoms with van der Waals surface area (Å²) in [5, 5.41) is 7.93. The summed E-state index contributed by atoms with van der Waals surface area (Å²) in [6.07, 6.45) is 0. The van der Waals surface area contributed by atoms with Crippen molar-refractivity contribution in [3.63, 3.8) is 0 Å². The van der Waals surface area contributed by atoms with E-state index in [1.54, 1.807) is 0 Å². The van der Waals surface area contributed by atoms with E-state index < -0.39 is 5.54 Å². The molecule has 2 heterocycles. The van der Waals surface area contributed by atoms with Gasteiger partial charge < -0.3 is 15.1 Å². The van der Waals surface area contributed by atoms with Crippen LogP contribution in [0.1, 0.15) is 32.0 Å². The highest BCUT2D eigenvalue weighted by Gasteiger charge is 2.42. The number of amides is 1. The molecule has 1 fully saturated rings. The third-order valence-electron chi connectivity index (χ3n) is 4.32. The average Bonchev–Trinajstić information content (AvgIpc) is 2.68. The van der Waals surface area contributed by atoms with Crippen LogP contribution >= 0.6 is 0 Å². The average molecular weight is 293 g/mol. The molecule has 2 rings (SSSR count). The molecule has 0 spiro atoms. The number of piperazine rings is 1. The molecule has 1 N–H and O–H groups in total.